The van der Waals surface area contributed by atoms with E-state index in [1.54, 1.807) is 0 Å². The van der Waals surface area contributed by atoms with Crippen molar-refractivity contribution in [2.75, 3.05) is 0 Å². The first-order valence-electron chi connectivity index (χ1n) is 6.45. The van der Waals surface area contributed by atoms with Gasteiger partial charge in [0.1, 0.15) is 0 Å². The van der Waals surface area contributed by atoms with Crippen molar-refractivity contribution in [3.63, 3.8) is 0 Å². The van der Waals surface area contributed by atoms with Crippen LogP contribution in [0, 0.1) is 0 Å². The summed E-state index contributed by atoms with van der Waals surface area (Å²) in [4.78, 5) is 27.2. The molecule has 0 unspecified atom stereocenters. The number of H-pyrrole nitrogens is 2. The third-order valence-corrected chi connectivity index (χ3v) is 3.38. The molecule has 0 aliphatic carbocycles. The highest BCUT2D eigenvalue weighted by Crippen LogP contribution is 2.35. The van der Waals surface area contributed by atoms with Crippen molar-refractivity contribution in [1.82, 2.24) is 14.5 Å². The molecule has 0 atom stereocenters. The molecule has 3 N–H and O–H groups in total. The topological polar surface area (TPSA) is 90.9 Å². The lowest BCUT2D eigenvalue weighted by atomic mass is 10.1. The first kappa shape index (κ1) is 15.1. The monoisotopic (exact) mass is 325 g/mol. The van der Waals surface area contributed by atoms with E-state index in [2.05, 4.69) is 4.98 Å². The number of aromatic nitrogens is 3. The van der Waals surface area contributed by atoms with Gasteiger partial charge >= 0.3 is 11.9 Å². The zero-order valence-corrected chi connectivity index (χ0v) is 11.4. The van der Waals surface area contributed by atoms with Crippen LogP contribution < -0.4 is 11.2 Å². The lowest BCUT2D eigenvalue weighted by Gasteiger charge is -2.14. The molecule has 120 valence electrons. The zero-order chi connectivity index (χ0) is 16.8. The van der Waals surface area contributed by atoms with Gasteiger partial charge in [0.05, 0.1) is 28.8 Å². The number of rotatable bonds is 2. The van der Waals surface area contributed by atoms with E-state index in [1.165, 1.54) is 23.0 Å². The number of alkyl halides is 3. The van der Waals surface area contributed by atoms with Gasteiger partial charge in [-0.3, -0.25) is 9.78 Å². The van der Waals surface area contributed by atoms with E-state index >= 15 is 0 Å². The van der Waals surface area contributed by atoms with Crippen molar-refractivity contribution < 1.29 is 18.3 Å². The van der Waals surface area contributed by atoms with Crippen LogP contribution in [0.1, 0.15) is 11.1 Å². The quantitative estimate of drug-likeness (QED) is 0.667. The molecular formula is C14H10F3N3O3. The molecule has 0 aliphatic heterocycles. The fraction of sp³-hybridized carbons (Fsp3) is 0.143. The number of benzene rings is 1. The Morgan fingerprint density at radius 3 is 2.52 bits per heavy atom. The maximum absolute atomic E-state index is 13.3. The molecule has 0 saturated heterocycles. The minimum Gasteiger partial charge on any atom is -0.392 e. The maximum atomic E-state index is 13.3. The van der Waals surface area contributed by atoms with Gasteiger partial charge in [0.15, 0.2) is 0 Å². The molecule has 2 aromatic heterocycles. The van der Waals surface area contributed by atoms with Crippen molar-refractivity contribution in [3.05, 3.63) is 62.6 Å². The molecule has 0 spiro atoms. The van der Waals surface area contributed by atoms with E-state index in [4.69, 9.17) is 5.11 Å². The summed E-state index contributed by atoms with van der Waals surface area (Å²) in [6.45, 7) is -0.324. The number of hydrogen-bond acceptors (Lipinski definition) is 3. The Balaban J connectivity index is 2.38. The first-order valence-corrected chi connectivity index (χ1v) is 6.45. The summed E-state index contributed by atoms with van der Waals surface area (Å²) >= 11 is 0. The average Bonchev–Trinajstić information content (AvgIpc) is 2.94. The predicted octanol–water partition coefficient (Wildman–Crippen LogP) is 1.52. The Labute approximate surface area is 125 Å². The van der Waals surface area contributed by atoms with Crippen LogP contribution in [0.5, 0.6) is 0 Å². The highest BCUT2D eigenvalue weighted by molar-refractivity contribution is 5.81. The molecule has 0 aliphatic rings. The Hall–Kier alpha value is -2.81. The normalized spacial score (nSPS) is 12.0. The van der Waals surface area contributed by atoms with Gasteiger partial charge in [-0.25, -0.2) is 4.79 Å². The Bertz CT molecular complexity index is 998. The molecule has 2 heterocycles. The highest BCUT2D eigenvalue weighted by atomic mass is 19.4. The van der Waals surface area contributed by atoms with Crippen LogP contribution >= 0.6 is 0 Å². The summed E-state index contributed by atoms with van der Waals surface area (Å²) in [5.74, 6) is 0. The molecule has 23 heavy (non-hydrogen) atoms. The number of hydrogen-bond donors (Lipinski definition) is 3. The van der Waals surface area contributed by atoms with Crippen molar-refractivity contribution in [2.45, 2.75) is 12.8 Å². The molecule has 0 radical (unpaired) electrons. The van der Waals surface area contributed by atoms with E-state index < -0.39 is 23.0 Å². The van der Waals surface area contributed by atoms with Crippen LogP contribution in [0.2, 0.25) is 0 Å². The lowest BCUT2D eigenvalue weighted by Crippen LogP contribution is -2.23. The van der Waals surface area contributed by atoms with Crippen LogP contribution in [0.3, 0.4) is 0 Å². The summed E-state index contributed by atoms with van der Waals surface area (Å²) in [6, 6.07) is 3.23. The average molecular weight is 325 g/mol. The van der Waals surface area contributed by atoms with Gasteiger partial charge in [-0.2, -0.15) is 13.2 Å². The third-order valence-electron chi connectivity index (χ3n) is 3.38. The number of aliphatic hydroxyl groups is 1. The molecule has 6 nitrogen and oxygen atoms in total. The first-order chi connectivity index (χ1) is 10.8. The second-order valence-corrected chi connectivity index (χ2v) is 4.91. The zero-order valence-electron chi connectivity index (χ0n) is 11.4. The molecule has 0 saturated carbocycles. The summed E-state index contributed by atoms with van der Waals surface area (Å²) in [5.41, 5.74) is -2.73. The second kappa shape index (κ2) is 5.13. The van der Waals surface area contributed by atoms with Gasteiger partial charge in [0.25, 0.3) is 5.56 Å². The maximum Gasteiger partial charge on any atom is 0.418 e. The van der Waals surface area contributed by atoms with Crippen LogP contribution in [0.4, 0.5) is 13.2 Å². The smallest absolute Gasteiger partial charge is 0.392 e. The van der Waals surface area contributed by atoms with Crippen molar-refractivity contribution in [2.24, 2.45) is 0 Å². The Morgan fingerprint density at radius 2 is 1.91 bits per heavy atom. The van der Waals surface area contributed by atoms with Crippen LogP contribution in [0.25, 0.3) is 16.6 Å². The largest absolute Gasteiger partial charge is 0.418 e. The van der Waals surface area contributed by atoms with Gasteiger partial charge in [-0.15, -0.1) is 0 Å². The van der Waals surface area contributed by atoms with E-state index in [9.17, 15) is 22.8 Å². The SMILES string of the molecule is O=c1[nH]c(=O)c2cc(-n3ccc(CO)c3)c(C(F)(F)F)cc2[nH]1. The fourth-order valence-electron chi connectivity index (χ4n) is 2.33. The number of nitrogens with one attached hydrogen (secondary N) is 2. The highest BCUT2D eigenvalue weighted by Gasteiger charge is 2.34. The molecule has 0 fully saturated rings. The summed E-state index contributed by atoms with van der Waals surface area (Å²) in [7, 11) is 0. The number of aliphatic hydroxyl groups excluding tert-OH is 1. The fourth-order valence-corrected chi connectivity index (χ4v) is 2.33. The summed E-state index contributed by atoms with van der Waals surface area (Å²) < 4.78 is 41.1. The molecule has 3 aromatic rings. The Kier molecular flexibility index (Phi) is 3.37. The van der Waals surface area contributed by atoms with E-state index in [-0.39, 0.29) is 23.2 Å². The second-order valence-electron chi connectivity index (χ2n) is 4.91. The Morgan fingerprint density at radius 1 is 1.17 bits per heavy atom. The van der Waals surface area contributed by atoms with Crippen LogP contribution in [-0.2, 0) is 12.8 Å². The van der Waals surface area contributed by atoms with Gasteiger partial charge in [0.2, 0.25) is 0 Å². The molecule has 0 amide bonds. The van der Waals surface area contributed by atoms with Crippen molar-refractivity contribution >= 4 is 10.9 Å². The van der Waals surface area contributed by atoms with Gasteiger partial charge in [-0.1, -0.05) is 0 Å². The van der Waals surface area contributed by atoms with Crippen molar-refractivity contribution in [1.29, 1.82) is 0 Å². The van der Waals surface area contributed by atoms with Crippen LogP contribution in [0.15, 0.2) is 40.2 Å². The van der Waals surface area contributed by atoms with E-state index in [1.807, 2.05) is 4.98 Å². The van der Waals surface area contributed by atoms with E-state index in [0.29, 0.717) is 5.56 Å². The number of fused-ring (bicyclic) bond motifs is 1. The minimum atomic E-state index is -4.69. The van der Waals surface area contributed by atoms with Gasteiger partial charge in [-0.05, 0) is 23.8 Å². The predicted molar refractivity (Wildman–Crippen MR) is 75.4 cm³/mol. The lowest BCUT2D eigenvalue weighted by molar-refractivity contribution is -0.137. The van der Waals surface area contributed by atoms with Crippen molar-refractivity contribution in [3.8, 4) is 5.69 Å². The molecule has 9 heteroatoms. The summed E-state index contributed by atoms with van der Waals surface area (Å²) in [5, 5.41) is 8.97. The van der Waals surface area contributed by atoms with Gasteiger partial charge in [0, 0.05) is 12.4 Å². The third kappa shape index (κ3) is 2.66. The molecular weight excluding hydrogens is 315 g/mol. The number of aromatic amines is 2. The molecule has 3 rings (SSSR count). The van der Waals surface area contributed by atoms with E-state index in [0.717, 1.165) is 12.1 Å². The molecule has 0 bridgehead atoms. The standard InChI is InChI=1S/C14H10F3N3O3/c15-14(16,17)9-4-10-8(12(22)19-13(23)18-10)3-11(9)20-2-1-7(5-20)6-21/h1-5,21H,6H2,(H2,18,19,22,23). The summed E-state index contributed by atoms with van der Waals surface area (Å²) in [6.07, 6.45) is -2.01. The number of halogens is 3. The number of nitrogens with zero attached hydrogens (tertiary/aromatic N) is 1. The van der Waals surface area contributed by atoms with Gasteiger partial charge < -0.3 is 14.7 Å². The van der Waals surface area contributed by atoms with Crippen LogP contribution in [-0.4, -0.2) is 19.6 Å². The minimum absolute atomic E-state index is 0.0770. The molecule has 1 aromatic carbocycles.